The first-order valence-electron chi connectivity index (χ1n) is 7.22. The van der Waals surface area contributed by atoms with Crippen molar-refractivity contribution in [1.29, 1.82) is 0 Å². The van der Waals surface area contributed by atoms with Crippen molar-refractivity contribution in [3.63, 3.8) is 0 Å². The number of aryl methyl sites for hydroxylation is 1. The van der Waals surface area contributed by atoms with E-state index in [2.05, 4.69) is 42.6 Å². The first-order valence-corrected chi connectivity index (χ1v) is 7.22. The molecule has 3 aromatic rings. The number of benzene rings is 1. The van der Waals surface area contributed by atoms with Crippen molar-refractivity contribution in [3.05, 3.63) is 42.2 Å². The smallest absolute Gasteiger partial charge is 0.152 e. The lowest BCUT2D eigenvalue weighted by molar-refractivity contribution is 0.542. The molecule has 0 fully saturated rings. The van der Waals surface area contributed by atoms with Crippen LogP contribution in [-0.2, 0) is 19.5 Å². The second-order valence-electron chi connectivity index (χ2n) is 5.17. The van der Waals surface area contributed by atoms with E-state index in [4.69, 9.17) is 0 Å². The number of hydrogen-bond donors (Lipinski definition) is 0. The SMILES string of the molecule is CCc1nnc2n1CCN(c1ncnc3ccccc13)C2. The van der Waals surface area contributed by atoms with Crippen LogP contribution >= 0.6 is 0 Å². The van der Waals surface area contributed by atoms with Crippen LogP contribution < -0.4 is 4.90 Å². The molecule has 0 aliphatic carbocycles. The molecule has 1 aromatic carbocycles. The van der Waals surface area contributed by atoms with Gasteiger partial charge in [-0.3, -0.25) is 0 Å². The normalized spacial score (nSPS) is 14.4. The topological polar surface area (TPSA) is 59.7 Å². The highest BCUT2D eigenvalue weighted by Gasteiger charge is 2.22. The van der Waals surface area contributed by atoms with Crippen LogP contribution in [-0.4, -0.2) is 31.3 Å². The highest BCUT2D eigenvalue weighted by Crippen LogP contribution is 2.25. The molecular weight excluding hydrogens is 264 g/mol. The molecule has 0 spiro atoms. The monoisotopic (exact) mass is 280 g/mol. The first-order chi connectivity index (χ1) is 10.4. The minimum absolute atomic E-state index is 0.744. The fourth-order valence-corrected chi connectivity index (χ4v) is 2.90. The Morgan fingerprint density at radius 1 is 1.10 bits per heavy atom. The Kier molecular flexibility index (Phi) is 2.80. The van der Waals surface area contributed by atoms with Crippen molar-refractivity contribution in [2.75, 3.05) is 11.4 Å². The molecule has 1 aliphatic rings. The molecule has 0 saturated carbocycles. The van der Waals surface area contributed by atoms with E-state index in [1.54, 1.807) is 6.33 Å². The average Bonchev–Trinajstić information content (AvgIpc) is 2.96. The van der Waals surface area contributed by atoms with Crippen LogP contribution in [0, 0.1) is 0 Å². The number of para-hydroxylation sites is 1. The van der Waals surface area contributed by atoms with Gasteiger partial charge in [0.25, 0.3) is 0 Å². The van der Waals surface area contributed by atoms with Crippen molar-refractivity contribution in [1.82, 2.24) is 24.7 Å². The number of anilines is 1. The van der Waals surface area contributed by atoms with E-state index < -0.39 is 0 Å². The van der Waals surface area contributed by atoms with Crippen molar-refractivity contribution in [2.24, 2.45) is 0 Å². The molecule has 0 unspecified atom stereocenters. The number of rotatable bonds is 2. The molecule has 3 heterocycles. The van der Waals surface area contributed by atoms with Gasteiger partial charge < -0.3 is 9.47 Å². The second-order valence-corrected chi connectivity index (χ2v) is 5.17. The third kappa shape index (κ3) is 1.94. The van der Waals surface area contributed by atoms with Crippen LogP contribution in [0.2, 0.25) is 0 Å². The van der Waals surface area contributed by atoms with Crippen LogP contribution in [0.1, 0.15) is 18.6 Å². The second kappa shape index (κ2) is 4.80. The Hall–Kier alpha value is -2.50. The zero-order chi connectivity index (χ0) is 14.2. The Balaban J connectivity index is 1.74. The summed E-state index contributed by atoms with van der Waals surface area (Å²) in [6.45, 7) is 4.68. The average molecular weight is 280 g/mol. The molecule has 2 aromatic heterocycles. The Morgan fingerprint density at radius 3 is 2.90 bits per heavy atom. The summed E-state index contributed by atoms with van der Waals surface area (Å²) in [7, 11) is 0. The summed E-state index contributed by atoms with van der Waals surface area (Å²) >= 11 is 0. The van der Waals surface area contributed by atoms with Gasteiger partial charge in [0.05, 0.1) is 12.1 Å². The van der Waals surface area contributed by atoms with Crippen molar-refractivity contribution in [2.45, 2.75) is 26.4 Å². The fraction of sp³-hybridized carbons (Fsp3) is 0.333. The third-order valence-corrected chi connectivity index (χ3v) is 3.97. The molecule has 6 heteroatoms. The molecule has 1 aliphatic heterocycles. The summed E-state index contributed by atoms with van der Waals surface area (Å²) < 4.78 is 2.22. The predicted octanol–water partition coefficient (Wildman–Crippen LogP) is 1.80. The summed E-state index contributed by atoms with van der Waals surface area (Å²) in [5.41, 5.74) is 0.976. The van der Waals surface area contributed by atoms with E-state index in [0.717, 1.165) is 54.4 Å². The van der Waals surface area contributed by atoms with Gasteiger partial charge in [-0.05, 0) is 12.1 Å². The summed E-state index contributed by atoms with van der Waals surface area (Å²) in [6.07, 6.45) is 2.55. The number of hydrogen-bond acceptors (Lipinski definition) is 5. The molecule has 0 N–H and O–H groups in total. The van der Waals surface area contributed by atoms with Crippen LogP contribution in [0.3, 0.4) is 0 Å². The molecule has 106 valence electrons. The van der Waals surface area contributed by atoms with Gasteiger partial charge in [-0.2, -0.15) is 0 Å². The van der Waals surface area contributed by atoms with E-state index in [1.165, 1.54) is 0 Å². The molecule has 0 bridgehead atoms. The maximum Gasteiger partial charge on any atom is 0.152 e. The highest BCUT2D eigenvalue weighted by molar-refractivity contribution is 5.89. The minimum Gasteiger partial charge on any atom is -0.347 e. The van der Waals surface area contributed by atoms with Crippen LogP contribution in [0.15, 0.2) is 30.6 Å². The van der Waals surface area contributed by atoms with E-state index in [1.807, 2.05) is 18.2 Å². The van der Waals surface area contributed by atoms with Crippen molar-refractivity contribution < 1.29 is 0 Å². The Morgan fingerprint density at radius 2 is 2.00 bits per heavy atom. The fourth-order valence-electron chi connectivity index (χ4n) is 2.90. The Bertz CT molecular complexity index is 788. The summed E-state index contributed by atoms with van der Waals surface area (Å²) in [5.74, 6) is 3.06. The Labute approximate surface area is 122 Å². The molecular formula is C15H16N6. The van der Waals surface area contributed by atoms with E-state index in [9.17, 15) is 0 Å². The van der Waals surface area contributed by atoms with Crippen molar-refractivity contribution in [3.8, 4) is 0 Å². The van der Waals surface area contributed by atoms with Crippen LogP contribution in [0.5, 0.6) is 0 Å². The first kappa shape index (κ1) is 12.3. The summed E-state index contributed by atoms with van der Waals surface area (Å²) in [5, 5.41) is 9.66. The summed E-state index contributed by atoms with van der Waals surface area (Å²) in [4.78, 5) is 11.1. The summed E-state index contributed by atoms with van der Waals surface area (Å²) in [6, 6.07) is 8.11. The quantitative estimate of drug-likeness (QED) is 0.716. The molecule has 4 rings (SSSR count). The maximum atomic E-state index is 4.49. The van der Waals surface area contributed by atoms with Crippen molar-refractivity contribution >= 4 is 16.7 Å². The standard InChI is InChI=1S/C15H16N6/c1-2-13-18-19-14-9-20(7-8-21(13)14)15-11-5-3-4-6-12(11)16-10-17-15/h3-6,10H,2,7-9H2,1H3. The van der Waals surface area contributed by atoms with Gasteiger partial charge in [0.2, 0.25) is 0 Å². The third-order valence-electron chi connectivity index (χ3n) is 3.97. The molecule has 21 heavy (non-hydrogen) atoms. The van der Waals surface area contributed by atoms with Gasteiger partial charge in [0, 0.05) is 24.9 Å². The highest BCUT2D eigenvalue weighted by atomic mass is 15.3. The predicted molar refractivity (Wildman–Crippen MR) is 80.0 cm³/mol. The van der Waals surface area contributed by atoms with Gasteiger partial charge in [-0.1, -0.05) is 19.1 Å². The van der Waals surface area contributed by atoms with E-state index in [0.29, 0.717) is 0 Å². The van der Waals surface area contributed by atoms with Crippen LogP contribution in [0.4, 0.5) is 5.82 Å². The largest absolute Gasteiger partial charge is 0.347 e. The number of fused-ring (bicyclic) bond motifs is 2. The maximum absolute atomic E-state index is 4.49. The van der Waals surface area contributed by atoms with Gasteiger partial charge in [0.1, 0.15) is 18.0 Å². The number of nitrogens with zero attached hydrogens (tertiary/aromatic N) is 6. The molecule has 0 radical (unpaired) electrons. The lowest BCUT2D eigenvalue weighted by atomic mass is 10.2. The van der Waals surface area contributed by atoms with E-state index >= 15 is 0 Å². The van der Waals surface area contributed by atoms with Gasteiger partial charge in [-0.25, -0.2) is 9.97 Å². The zero-order valence-corrected chi connectivity index (χ0v) is 11.9. The molecule has 0 amide bonds. The van der Waals surface area contributed by atoms with Crippen LogP contribution in [0.25, 0.3) is 10.9 Å². The lowest BCUT2D eigenvalue weighted by Crippen LogP contribution is -2.35. The molecule has 6 nitrogen and oxygen atoms in total. The van der Waals surface area contributed by atoms with Gasteiger partial charge in [0.15, 0.2) is 5.82 Å². The zero-order valence-electron chi connectivity index (χ0n) is 11.9. The minimum atomic E-state index is 0.744. The number of aromatic nitrogens is 5. The lowest BCUT2D eigenvalue weighted by Gasteiger charge is -2.29. The van der Waals surface area contributed by atoms with Gasteiger partial charge >= 0.3 is 0 Å². The molecule has 0 atom stereocenters. The van der Waals surface area contributed by atoms with E-state index in [-0.39, 0.29) is 0 Å². The van der Waals surface area contributed by atoms with Gasteiger partial charge in [-0.15, -0.1) is 10.2 Å². The molecule has 0 saturated heterocycles.